The molecule has 1 heterocycles. The van der Waals surface area contributed by atoms with Gasteiger partial charge in [0.05, 0.1) is 17.2 Å². The molecular formula is C23H19ClN2O3. The average Bonchev–Trinajstić information content (AvgIpc) is 3.23. The number of hydrogen-bond acceptors (Lipinski definition) is 5. The minimum absolute atomic E-state index is 0.119. The van der Waals surface area contributed by atoms with Gasteiger partial charge >= 0.3 is 0 Å². The topological polar surface area (TPSA) is 57.4 Å². The molecule has 0 amide bonds. The Morgan fingerprint density at radius 3 is 2.45 bits per heavy atom. The zero-order valence-electron chi connectivity index (χ0n) is 15.8. The summed E-state index contributed by atoms with van der Waals surface area (Å²) < 4.78 is 16.7. The largest absolute Gasteiger partial charge is 0.493 e. The minimum atomic E-state index is 0.119. The number of halogens is 1. The van der Waals surface area contributed by atoms with Crippen LogP contribution in [0.25, 0.3) is 22.5 Å². The Bertz CT molecular complexity index is 1100. The summed E-state index contributed by atoms with van der Waals surface area (Å²) in [5, 5.41) is 4.56. The van der Waals surface area contributed by atoms with Crippen LogP contribution in [-0.2, 0) is 6.61 Å². The highest BCUT2D eigenvalue weighted by Gasteiger charge is 2.14. The van der Waals surface area contributed by atoms with Gasteiger partial charge in [0.25, 0.3) is 5.89 Å². The van der Waals surface area contributed by atoms with E-state index >= 15 is 0 Å². The van der Waals surface area contributed by atoms with Gasteiger partial charge in [-0.2, -0.15) is 4.98 Å². The van der Waals surface area contributed by atoms with Gasteiger partial charge in [0.2, 0.25) is 5.82 Å². The molecule has 0 spiro atoms. The molecule has 5 nitrogen and oxygen atoms in total. The lowest BCUT2D eigenvalue weighted by atomic mass is 10.1. The lowest BCUT2D eigenvalue weighted by Gasteiger charge is -2.08. The monoisotopic (exact) mass is 406 g/mol. The van der Waals surface area contributed by atoms with E-state index in [-0.39, 0.29) is 6.61 Å². The van der Waals surface area contributed by atoms with E-state index in [1.807, 2.05) is 79.7 Å². The molecule has 3 aromatic carbocycles. The average molecular weight is 407 g/mol. The van der Waals surface area contributed by atoms with Gasteiger partial charge in [-0.25, -0.2) is 0 Å². The van der Waals surface area contributed by atoms with Crippen LogP contribution in [0.3, 0.4) is 0 Å². The summed E-state index contributed by atoms with van der Waals surface area (Å²) in [5.41, 5.74) is 2.89. The highest BCUT2D eigenvalue weighted by molar-refractivity contribution is 6.32. The summed E-state index contributed by atoms with van der Waals surface area (Å²) in [5.74, 6) is 2.08. The van der Waals surface area contributed by atoms with Gasteiger partial charge in [-0.1, -0.05) is 65.3 Å². The van der Waals surface area contributed by atoms with Gasteiger partial charge in [0.15, 0.2) is 6.61 Å². The van der Waals surface area contributed by atoms with Crippen LogP contribution in [0.15, 0.2) is 77.3 Å². The number of nitrogens with zero attached hydrogens (tertiary/aromatic N) is 2. The fourth-order valence-corrected chi connectivity index (χ4v) is 3.16. The normalized spacial score (nSPS) is 10.7. The second kappa shape index (κ2) is 8.80. The SMILES string of the molecule is CCOc1ccccc1-c1noc(COc2ccc(-c3ccccc3)cc2Cl)n1. The molecule has 6 heteroatoms. The molecule has 0 unspecified atom stereocenters. The van der Waals surface area contributed by atoms with Gasteiger partial charge in [-0.15, -0.1) is 0 Å². The maximum atomic E-state index is 6.39. The third-order valence-corrected chi connectivity index (χ3v) is 4.58. The second-order valence-electron chi connectivity index (χ2n) is 6.24. The highest BCUT2D eigenvalue weighted by Crippen LogP contribution is 2.31. The van der Waals surface area contributed by atoms with E-state index in [1.54, 1.807) is 0 Å². The predicted octanol–water partition coefficient (Wildman–Crippen LogP) is 6.03. The summed E-state index contributed by atoms with van der Waals surface area (Å²) in [6.45, 7) is 2.61. The number of benzene rings is 3. The summed E-state index contributed by atoms with van der Waals surface area (Å²) >= 11 is 6.39. The zero-order chi connectivity index (χ0) is 20.1. The molecule has 0 saturated carbocycles. The van der Waals surface area contributed by atoms with Crippen molar-refractivity contribution in [3.8, 4) is 34.0 Å². The maximum absolute atomic E-state index is 6.39. The minimum Gasteiger partial charge on any atom is -0.493 e. The van der Waals surface area contributed by atoms with Crippen molar-refractivity contribution in [2.24, 2.45) is 0 Å². The smallest absolute Gasteiger partial charge is 0.264 e. The van der Waals surface area contributed by atoms with Crippen LogP contribution >= 0.6 is 11.6 Å². The molecule has 1 aromatic heterocycles. The van der Waals surface area contributed by atoms with Gasteiger partial charge in [0.1, 0.15) is 11.5 Å². The first-order valence-electron chi connectivity index (χ1n) is 9.27. The van der Waals surface area contributed by atoms with Crippen molar-refractivity contribution >= 4 is 11.6 Å². The lowest BCUT2D eigenvalue weighted by molar-refractivity contribution is 0.243. The Morgan fingerprint density at radius 2 is 1.66 bits per heavy atom. The third kappa shape index (κ3) is 4.41. The van der Waals surface area contributed by atoms with Crippen LogP contribution in [0.1, 0.15) is 12.8 Å². The van der Waals surface area contributed by atoms with Crippen molar-refractivity contribution in [3.63, 3.8) is 0 Å². The quantitative estimate of drug-likeness (QED) is 0.374. The standard InChI is InChI=1S/C23H19ClN2O3/c1-2-27-20-11-7-6-10-18(20)23-25-22(29-26-23)15-28-21-13-12-17(14-19(21)24)16-8-4-3-5-9-16/h3-14H,2,15H2,1H3. The molecule has 0 bridgehead atoms. The van der Waals surface area contributed by atoms with Crippen LogP contribution in [0.5, 0.6) is 11.5 Å². The Balaban J connectivity index is 1.47. The van der Waals surface area contributed by atoms with Gasteiger partial charge in [0, 0.05) is 0 Å². The summed E-state index contributed by atoms with van der Waals surface area (Å²) in [7, 11) is 0. The van der Waals surface area contributed by atoms with Crippen LogP contribution < -0.4 is 9.47 Å². The molecule has 0 fully saturated rings. The number of aromatic nitrogens is 2. The van der Waals surface area contributed by atoms with E-state index in [4.69, 9.17) is 25.6 Å². The molecule has 4 aromatic rings. The number of rotatable bonds is 7. The first-order chi connectivity index (χ1) is 14.2. The van der Waals surface area contributed by atoms with E-state index < -0.39 is 0 Å². The Labute approximate surface area is 173 Å². The number of ether oxygens (including phenoxy) is 2. The molecular weight excluding hydrogens is 388 g/mol. The van der Waals surface area contributed by atoms with Gasteiger partial charge in [-0.3, -0.25) is 0 Å². The maximum Gasteiger partial charge on any atom is 0.264 e. The van der Waals surface area contributed by atoms with Crippen molar-refractivity contribution in [3.05, 3.63) is 83.7 Å². The molecule has 4 rings (SSSR count). The van der Waals surface area contributed by atoms with Crippen LogP contribution in [-0.4, -0.2) is 16.7 Å². The predicted molar refractivity (Wildman–Crippen MR) is 112 cm³/mol. The van der Waals surface area contributed by atoms with E-state index in [1.165, 1.54) is 0 Å². The van der Waals surface area contributed by atoms with E-state index in [0.29, 0.717) is 34.8 Å². The molecule has 29 heavy (non-hydrogen) atoms. The molecule has 0 N–H and O–H groups in total. The molecule has 0 aliphatic carbocycles. The first kappa shape index (κ1) is 19.0. The summed E-state index contributed by atoms with van der Waals surface area (Å²) in [4.78, 5) is 4.41. The molecule has 0 aliphatic heterocycles. The number of hydrogen-bond donors (Lipinski definition) is 0. The lowest BCUT2D eigenvalue weighted by Crippen LogP contribution is -1.97. The molecule has 0 saturated heterocycles. The van der Waals surface area contributed by atoms with Crippen LogP contribution in [0.4, 0.5) is 0 Å². The van der Waals surface area contributed by atoms with E-state index in [2.05, 4.69) is 10.1 Å². The van der Waals surface area contributed by atoms with Crippen molar-refractivity contribution in [1.82, 2.24) is 10.1 Å². The van der Waals surface area contributed by atoms with Crippen molar-refractivity contribution < 1.29 is 14.0 Å². The van der Waals surface area contributed by atoms with Crippen LogP contribution in [0.2, 0.25) is 5.02 Å². The Hall–Kier alpha value is -3.31. The molecule has 0 radical (unpaired) electrons. The molecule has 0 atom stereocenters. The molecule has 146 valence electrons. The highest BCUT2D eigenvalue weighted by atomic mass is 35.5. The number of para-hydroxylation sites is 1. The molecule has 0 aliphatic rings. The Kier molecular flexibility index (Phi) is 5.77. The summed E-state index contributed by atoms with van der Waals surface area (Å²) in [6.07, 6.45) is 0. The van der Waals surface area contributed by atoms with Crippen LogP contribution in [0, 0.1) is 0 Å². The van der Waals surface area contributed by atoms with Gasteiger partial charge < -0.3 is 14.0 Å². The van der Waals surface area contributed by atoms with Gasteiger partial charge in [-0.05, 0) is 42.3 Å². The fraction of sp³-hybridized carbons (Fsp3) is 0.130. The fourth-order valence-electron chi connectivity index (χ4n) is 2.92. The Morgan fingerprint density at radius 1 is 0.862 bits per heavy atom. The van der Waals surface area contributed by atoms with Crippen molar-refractivity contribution in [2.45, 2.75) is 13.5 Å². The van der Waals surface area contributed by atoms with E-state index in [0.717, 1.165) is 16.7 Å². The first-order valence-corrected chi connectivity index (χ1v) is 9.65. The van der Waals surface area contributed by atoms with Crippen molar-refractivity contribution in [2.75, 3.05) is 6.61 Å². The second-order valence-corrected chi connectivity index (χ2v) is 6.65. The van der Waals surface area contributed by atoms with E-state index in [9.17, 15) is 0 Å². The zero-order valence-corrected chi connectivity index (χ0v) is 16.6. The third-order valence-electron chi connectivity index (χ3n) is 4.29. The van der Waals surface area contributed by atoms with Crippen molar-refractivity contribution in [1.29, 1.82) is 0 Å². The summed E-state index contributed by atoms with van der Waals surface area (Å²) in [6, 6.07) is 23.3.